The van der Waals surface area contributed by atoms with Gasteiger partial charge in [0.25, 0.3) is 0 Å². The molecule has 0 heterocycles. The maximum atomic E-state index is 5.41. The first kappa shape index (κ1) is 20.8. The Hall–Kier alpha value is -2.97. The lowest BCUT2D eigenvalue weighted by molar-refractivity contribution is 0.414. The highest BCUT2D eigenvalue weighted by Gasteiger charge is 2.32. The van der Waals surface area contributed by atoms with Gasteiger partial charge >= 0.3 is 0 Å². The van der Waals surface area contributed by atoms with E-state index in [4.69, 9.17) is 4.74 Å². The molecule has 0 aliphatic heterocycles. The number of benzene rings is 4. The van der Waals surface area contributed by atoms with Crippen LogP contribution in [0.4, 0.5) is 0 Å². The van der Waals surface area contributed by atoms with Crippen LogP contribution in [0.15, 0.2) is 135 Å². The van der Waals surface area contributed by atoms with E-state index in [0.29, 0.717) is 0 Å². The molecule has 0 aliphatic rings. The van der Waals surface area contributed by atoms with Crippen molar-refractivity contribution in [3.8, 4) is 5.75 Å². The van der Waals surface area contributed by atoms with Crippen LogP contribution in [0, 0.1) is 0 Å². The van der Waals surface area contributed by atoms with Gasteiger partial charge in [0, 0.05) is 19.6 Å². The number of methoxy groups -OCH3 is 1. The molecule has 0 spiro atoms. The number of hydrogen-bond acceptors (Lipinski definition) is 1. The highest BCUT2D eigenvalue weighted by Crippen LogP contribution is 2.73. The summed E-state index contributed by atoms with van der Waals surface area (Å²) >= 11 is 0. The predicted molar refractivity (Wildman–Crippen MR) is 124 cm³/mol. The summed E-state index contributed by atoms with van der Waals surface area (Å²) in [6.07, 6.45) is 0. The van der Waals surface area contributed by atoms with Crippen LogP contribution in [0.5, 0.6) is 5.75 Å². The first-order chi connectivity index (χ1) is 14.4. The first-order valence-corrected chi connectivity index (χ1v) is 11.6. The largest absolute Gasteiger partial charge is 0.497 e. The highest BCUT2D eigenvalue weighted by atomic mass is 32.3. The number of hydrogen-bond donors (Lipinski definition) is 0. The average molecular weight is 401 g/mol. The van der Waals surface area contributed by atoms with Gasteiger partial charge in [-0.3, -0.25) is 0 Å². The Balaban J connectivity index is 0.00000117. The van der Waals surface area contributed by atoms with Crippen molar-refractivity contribution in [1.82, 2.24) is 0 Å². The lowest BCUT2D eigenvalue weighted by atomic mass is 10.3. The fourth-order valence-electron chi connectivity index (χ4n) is 3.47. The second-order valence-corrected chi connectivity index (χ2v) is 9.34. The molecule has 0 fully saturated rings. The van der Waals surface area contributed by atoms with E-state index >= 15 is 0 Å². The molecule has 4 aromatic carbocycles. The van der Waals surface area contributed by atoms with Gasteiger partial charge in [-0.25, -0.2) is 0 Å². The Morgan fingerprint density at radius 3 is 1.07 bits per heavy atom. The monoisotopic (exact) mass is 400 g/mol. The lowest BCUT2D eigenvalue weighted by Gasteiger charge is -2.42. The van der Waals surface area contributed by atoms with Crippen molar-refractivity contribution in [2.75, 3.05) is 7.11 Å². The van der Waals surface area contributed by atoms with Crippen LogP contribution in [0.2, 0.25) is 0 Å². The zero-order valence-corrected chi connectivity index (χ0v) is 18.1. The zero-order valence-electron chi connectivity index (χ0n) is 17.3. The second kappa shape index (κ2) is 9.99. The third-order valence-corrected chi connectivity index (χ3v) is 8.62. The average Bonchev–Trinajstić information content (AvgIpc) is 2.83. The van der Waals surface area contributed by atoms with Crippen LogP contribution in [-0.2, 0) is 0 Å². The van der Waals surface area contributed by atoms with Gasteiger partial charge in [-0.2, -0.15) is 0 Å². The quantitative estimate of drug-likeness (QED) is 0.329. The Kier molecular flexibility index (Phi) is 7.15. The summed E-state index contributed by atoms with van der Waals surface area (Å²) in [6.45, 7) is 4.00. The third-order valence-electron chi connectivity index (χ3n) is 4.70. The van der Waals surface area contributed by atoms with Crippen molar-refractivity contribution in [2.45, 2.75) is 33.4 Å². The van der Waals surface area contributed by atoms with E-state index in [-0.39, 0.29) is 0 Å². The fourth-order valence-corrected chi connectivity index (χ4v) is 7.34. The van der Waals surface area contributed by atoms with E-state index < -0.39 is 10.0 Å². The van der Waals surface area contributed by atoms with Gasteiger partial charge in [-0.15, -0.1) is 10.0 Å². The molecule has 0 aromatic heterocycles. The molecule has 0 atom stereocenters. The van der Waals surface area contributed by atoms with Crippen molar-refractivity contribution in [2.24, 2.45) is 0 Å². The molecule has 2 heteroatoms. The molecule has 0 aliphatic carbocycles. The molecule has 4 aromatic rings. The van der Waals surface area contributed by atoms with Crippen LogP contribution in [0.3, 0.4) is 0 Å². The van der Waals surface area contributed by atoms with Crippen LogP contribution >= 0.6 is 10.0 Å². The van der Waals surface area contributed by atoms with Crippen molar-refractivity contribution >= 4 is 10.0 Å². The van der Waals surface area contributed by atoms with Crippen molar-refractivity contribution in [3.63, 3.8) is 0 Å². The Labute approximate surface area is 176 Å². The van der Waals surface area contributed by atoms with Crippen LogP contribution in [0.1, 0.15) is 13.8 Å². The fraction of sp³-hybridized carbons (Fsp3) is 0.111. The number of rotatable bonds is 5. The van der Waals surface area contributed by atoms with Crippen LogP contribution in [0.25, 0.3) is 0 Å². The molecular weight excluding hydrogens is 372 g/mol. The molecule has 4 rings (SSSR count). The van der Waals surface area contributed by atoms with E-state index in [0.717, 1.165) is 5.75 Å². The van der Waals surface area contributed by atoms with E-state index in [1.54, 1.807) is 7.11 Å². The summed E-state index contributed by atoms with van der Waals surface area (Å²) in [5.74, 6) is 0.876. The smallest absolute Gasteiger partial charge is 0.118 e. The molecule has 148 valence electrons. The Morgan fingerprint density at radius 1 is 0.448 bits per heavy atom. The maximum Gasteiger partial charge on any atom is 0.118 e. The molecule has 0 radical (unpaired) electrons. The van der Waals surface area contributed by atoms with Gasteiger partial charge in [-0.05, 0) is 60.7 Å². The molecule has 0 bridgehead atoms. The summed E-state index contributed by atoms with van der Waals surface area (Å²) in [5, 5.41) is 0. The van der Waals surface area contributed by atoms with E-state index in [1.807, 2.05) is 13.8 Å². The van der Waals surface area contributed by atoms with Crippen molar-refractivity contribution in [3.05, 3.63) is 115 Å². The molecule has 0 N–H and O–H groups in total. The first-order valence-electron chi connectivity index (χ1n) is 9.98. The maximum absolute atomic E-state index is 5.41. The molecule has 1 nitrogen and oxygen atoms in total. The molecule has 0 amide bonds. The minimum Gasteiger partial charge on any atom is -0.497 e. The molecule has 0 unspecified atom stereocenters. The Bertz CT molecular complexity index is 884. The summed E-state index contributed by atoms with van der Waals surface area (Å²) in [4.78, 5) is 5.28. The topological polar surface area (TPSA) is 9.23 Å². The minimum atomic E-state index is -1.59. The van der Waals surface area contributed by atoms with Gasteiger partial charge in [0.1, 0.15) is 5.75 Å². The Morgan fingerprint density at radius 2 is 0.759 bits per heavy atom. The summed E-state index contributed by atoms with van der Waals surface area (Å²) in [7, 11) is 0.117. The second-order valence-electron chi connectivity index (χ2n) is 6.23. The van der Waals surface area contributed by atoms with Gasteiger partial charge in [0.2, 0.25) is 0 Å². The highest BCUT2D eigenvalue weighted by molar-refractivity contribution is 8.34. The van der Waals surface area contributed by atoms with Crippen LogP contribution < -0.4 is 4.74 Å². The summed E-state index contributed by atoms with van der Waals surface area (Å²) in [6, 6.07) is 41.1. The zero-order chi connectivity index (χ0) is 20.5. The van der Waals surface area contributed by atoms with Crippen molar-refractivity contribution < 1.29 is 4.74 Å². The molecule has 0 saturated heterocycles. The lowest BCUT2D eigenvalue weighted by Crippen LogP contribution is -2.05. The van der Waals surface area contributed by atoms with Gasteiger partial charge in [0.15, 0.2) is 0 Å². The van der Waals surface area contributed by atoms with Gasteiger partial charge in [-0.1, -0.05) is 68.4 Å². The van der Waals surface area contributed by atoms with Crippen molar-refractivity contribution in [1.29, 1.82) is 0 Å². The van der Waals surface area contributed by atoms with Gasteiger partial charge < -0.3 is 4.74 Å². The molecule has 29 heavy (non-hydrogen) atoms. The minimum absolute atomic E-state index is 0.876. The third kappa shape index (κ3) is 4.08. The molecule has 0 saturated carbocycles. The summed E-state index contributed by atoms with van der Waals surface area (Å²) < 4.78 is 5.41. The van der Waals surface area contributed by atoms with Crippen LogP contribution in [-0.4, -0.2) is 7.11 Å². The standard InChI is InChI=1S/C25H22OS.C2H6/c1-26-21-17-19-25(20-18-21)27(22-11-5-2-6-12-22,23-13-7-3-8-14-23)24-15-9-4-10-16-24;1-2/h2-20H,1H3;1-2H3. The number of ether oxygens (including phenoxy) is 1. The predicted octanol–water partition coefficient (Wildman–Crippen LogP) is 8.06. The summed E-state index contributed by atoms with van der Waals surface area (Å²) in [5.41, 5.74) is 0. The normalized spacial score (nSPS) is 11.1. The van der Waals surface area contributed by atoms with E-state index in [9.17, 15) is 0 Å². The van der Waals surface area contributed by atoms with E-state index in [1.165, 1.54) is 19.6 Å². The molecular formula is C27H28OS. The van der Waals surface area contributed by atoms with E-state index in [2.05, 4.69) is 115 Å². The van der Waals surface area contributed by atoms with Gasteiger partial charge in [0.05, 0.1) is 7.11 Å². The SMILES string of the molecule is CC.COc1ccc(S(c2ccccc2)(c2ccccc2)c2ccccc2)cc1.